The Labute approximate surface area is 149 Å². The van der Waals surface area contributed by atoms with Crippen molar-refractivity contribution in [2.75, 3.05) is 7.05 Å². The Bertz CT molecular complexity index is 621. The third kappa shape index (κ3) is 6.95. The maximum absolute atomic E-state index is 12.3. The fourth-order valence-electron chi connectivity index (χ4n) is 2.42. The van der Waals surface area contributed by atoms with Gasteiger partial charge < -0.3 is 15.3 Å². The van der Waals surface area contributed by atoms with E-state index in [-0.39, 0.29) is 24.2 Å². The van der Waals surface area contributed by atoms with Crippen LogP contribution in [0.5, 0.6) is 0 Å². The molecule has 25 heavy (non-hydrogen) atoms. The minimum atomic E-state index is -0.883. The van der Waals surface area contributed by atoms with Crippen molar-refractivity contribution in [3.63, 3.8) is 0 Å². The third-order valence-corrected chi connectivity index (χ3v) is 3.92. The molecule has 0 unspecified atom stereocenters. The molecule has 0 aliphatic heterocycles. The number of aliphatic carboxylic acids is 1. The zero-order valence-electron chi connectivity index (χ0n) is 15.6. The van der Waals surface area contributed by atoms with Gasteiger partial charge in [0, 0.05) is 37.0 Å². The maximum atomic E-state index is 12.3. The van der Waals surface area contributed by atoms with E-state index in [9.17, 15) is 14.4 Å². The summed E-state index contributed by atoms with van der Waals surface area (Å²) in [6.07, 6.45) is 0.358. The predicted octanol–water partition coefficient (Wildman–Crippen LogP) is 2.67. The first kappa shape index (κ1) is 20.7. The van der Waals surface area contributed by atoms with Gasteiger partial charge in [-0.3, -0.25) is 14.4 Å². The Morgan fingerprint density at radius 1 is 1.16 bits per heavy atom. The normalized spacial score (nSPS) is 11.3. The largest absolute Gasteiger partial charge is 0.481 e. The molecule has 138 valence electrons. The van der Waals surface area contributed by atoms with Crippen LogP contribution >= 0.6 is 0 Å². The Hall–Kier alpha value is -2.37. The van der Waals surface area contributed by atoms with Crippen molar-refractivity contribution >= 4 is 17.8 Å². The van der Waals surface area contributed by atoms with Crippen LogP contribution in [0.25, 0.3) is 0 Å². The molecule has 1 aromatic carbocycles. The molecule has 2 amide bonds. The molecule has 0 saturated heterocycles. The summed E-state index contributed by atoms with van der Waals surface area (Å²) >= 11 is 0. The molecule has 0 aliphatic carbocycles. The van der Waals surface area contributed by atoms with Gasteiger partial charge in [-0.2, -0.15) is 0 Å². The summed E-state index contributed by atoms with van der Waals surface area (Å²) in [6, 6.07) is 7.07. The Morgan fingerprint density at radius 3 is 2.20 bits per heavy atom. The SMILES string of the molecule is CC(C)C(=O)N(C)Cc1ccc(C(=O)NC(C)(C)CCC(=O)O)cc1. The third-order valence-electron chi connectivity index (χ3n) is 3.92. The average molecular weight is 348 g/mol. The highest BCUT2D eigenvalue weighted by Gasteiger charge is 2.22. The van der Waals surface area contributed by atoms with Crippen LogP contribution < -0.4 is 5.32 Å². The molecule has 0 aromatic heterocycles. The molecule has 0 saturated carbocycles. The number of hydrogen-bond donors (Lipinski definition) is 2. The fraction of sp³-hybridized carbons (Fsp3) is 0.526. The lowest BCUT2D eigenvalue weighted by molar-refractivity contribution is -0.137. The van der Waals surface area contributed by atoms with E-state index >= 15 is 0 Å². The fourth-order valence-corrected chi connectivity index (χ4v) is 2.42. The summed E-state index contributed by atoms with van der Waals surface area (Å²) in [7, 11) is 1.76. The van der Waals surface area contributed by atoms with Gasteiger partial charge in [-0.1, -0.05) is 26.0 Å². The van der Waals surface area contributed by atoms with Gasteiger partial charge in [-0.15, -0.1) is 0 Å². The second-order valence-electron chi connectivity index (χ2n) is 7.28. The standard InChI is InChI=1S/C19H28N2O4/c1-13(2)18(25)21(5)12-14-6-8-15(9-7-14)17(24)20-19(3,4)11-10-16(22)23/h6-9,13H,10-12H2,1-5H3,(H,20,24)(H,22,23). The van der Waals surface area contributed by atoms with Gasteiger partial charge in [-0.05, 0) is 38.0 Å². The summed E-state index contributed by atoms with van der Waals surface area (Å²) in [4.78, 5) is 36.6. The van der Waals surface area contributed by atoms with E-state index in [4.69, 9.17) is 5.11 Å². The second kappa shape index (κ2) is 8.65. The molecule has 0 aliphatic rings. The summed E-state index contributed by atoms with van der Waals surface area (Å²) in [5, 5.41) is 11.6. The van der Waals surface area contributed by atoms with Crippen LogP contribution in [0.3, 0.4) is 0 Å². The Balaban J connectivity index is 2.67. The number of nitrogens with zero attached hydrogens (tertiary/aromatic N) is 1. The van der Waals surface area contributed by atoms with Crippen LogP contribution in [0.1, 0.15) is 56.5 Å². The van der Waals surface area contributed by atoms with Crippen LogP contribution in [-0.4, -0.2) is 40.4 Å². The van der Waals surface area contributed by atoms with Crippen LogP contribution in [-0.2, 0) is 16.1 Å². The van der Waals surface area contributed by atoms with Crippen molar-refractivity contribution in [3.8, 4) is 0 Å². The van der Waals surface area contributed by atoms with E-state index in [1.54, 1.807) is 37.9 Å². The van der Waals surface area contributed by atoms with Crippen LogP contribution in [0.15, 0.2) is 24.3 Å². The molecule has 0 spiro atoms. The first-order chi connectivity index (χ1) is 11.5. The molecule has 0 atom stereocenters. The highest BCUT2D eigenvalue weighted by molar-refractivity contribution is 5.94. The number of rotatable bonds is 8. The van der Waals surface area contributed by atoms with E-state index in [0.717, 1.165) is 5.56 Å². The molecular formula is C19H28N2O4. The lowest BCUT2D eigenvalue weighted by Gasteiger charge is -2.25. The summed E-state index contributed by atoms with van der Waals surface area (Å²) in [5.74, 6) is -1.11. The van der Waals surface area contributed by atoms with Crippen molar-refractivity contribution in [2.24, 2.45) is 5.92 Å². The van der Waals surface area contributed by atoms with Gasteiger partial charge in [0.25, 0.3) is 5.91 Å². The smallest absolute Gasteiger partial charge is 0.303 e. The zero-order chi connectivity index (χ0) is 19.2. The van der Waals surface area contributed by atoms with Gasteiger partial charge in [0.2, 0.25) is 5.91 Å². The first-order valence-electron chi connectivity index (χ1n) is 8.40. The molecule has 6 heteroatoms. The zero-order valence-corrected chi connectivity index (χ0v) is 15.6. The van der Waals surface area contributed by atoms with Crippen LogP contribution in [0, 0.1) is 5.92 Å². The molecule has 0 radical (unpaired) electrons. The lowest BCUT2D eigenvalue weighted by Crippen LogP contribution is -2.43. The van der Waals surface area contributed by atoms with Crippen molar-refractivity contribution in [3.05, 3.63) is 35.4 Å². The molecule has 1 aromatic rings. The van der Waals surface area contributed by atoms with Crippen molar-refractivity contribution < 1.29 is 19.5 Å². The van der Waals surface area contributed by atoms with Gasteiger partial charge in [0.15, 0.2) is 0 Å². The molecule has 6 nitrogen and oxygen atoms in total. The van der Waals surface area contributed by atoms with Gasteiger partial charge in [0.05, 0.1) is 0 Å². The summed E-state index contributed by atoms with van der Waals surface area (Å²) in [5.41, 5.74) is 0.848. The molecular weight excluding hydrogens is 320 g/mol. The maximum Gasteiger partial charge on any atom is 0.303 e. The molecule has 1 rings (SSSR count). The van der Waals surface area contributed by atoms with Crippen molar-refractivity contribution in [1.29, 1.82) is 0 Å². The predicted molar refractivity (Wildman–Crippen MR) is 96.2 cm³/mol. The van der Waals surface area contributed by atoms with E-state index in [0.29, 0.717) is 18.5 Å². The second-order valence-corrected chi connectivity index (χ2v) is 7.28. The molecule has 0 heterocycles. The quantitative estimate of drug-likeness (QED) is 0.756. The number of hydrogen-bond acceptors (Lipinski definition) is 3. The number of amides is 2. The van der Waals surface area contributed by atoms with Gasteiger partial charge in [0.1, 0.15) is 0 Å². The van der Waals surface area contributed by atoms with E-state index in [1.807, 2.05) is 26.0 Å². The van der Waals surface area contributed by atoms with Gasteiger partial charge in [-0.25, -0.2) is 0 Å². The van der Waals surface area contributed by atoms with Crippen molar-refractivity contribution in [1.82, 2.24) is 10.2 Å². The minimum Gasteiger partial charge on any atom is -0.481 e. The highest BCUT2D eigenvalue weighted by atomic mass is 16.4. The Kier molecular flexibility index (Phi) is 7.15. The summed E-state index contributed by atoms with van der Waals surface area (Å²) < 4.78 is 0. The number of carboxylic acids is 1. The first-order valence-corrected chi connectivity index (χ1v) is 8.40. The highest BCUT2D eigenvalue weighted by Crippen LogP contribution is 2.14. The summed E-state index contributed by atoms with van der Waals surface area (Å²) in [6.45, 7) is 7.81. The monoisotopic (exact) mass is 348 g/mol. The number of benzene rings is 1. The molecule has 2 N–H and O–H groups in total. The number of carbonyl (C=O) groups excluding carboxylic acids is 2. The van der Waals surface area contributed by atoms with E-state index in [2.05, 4.69) is 5.32 Å². The number of carbonyl (C=O) groups is 3. The van der Waals surface area contributed by atoms with Crippen molar-refractivity contribution in [2.45, 2.75) is 52.6 Å². The lowest BCUT2D eigenvalue weighted by atomic mass is 9.97. The molecule has 0 bridgehead atoms. The van der Waals surface area contributed by atoms with Crippen LogP contribution in [0.4, 0.5) is 0 Å². The number of carboxylic acid groups (broad SMARTS) is 1. The van der Waals surface area contributed by atoms with E-state index < -0.39 is 11.5 Å². The number of nitrogens with one attached hydrogen (secondary N) is 1. The minimum absolute atomic E-state index is 0.00241. The Morgan fingerprint density at radius 2 is 1.72 bits per heavy atom. The van der Waals surface area contributed by atoms with E-state index in [1.165, 1.54) is 0 Å². The average Bonchev–Trinajstić information content (AvgIpc) is 2.52. The van der Waals surface area contributed by atoms with Crippen LogP contribution in [0.2, 0.25) is 0 Å². The topological polar surface area (TPSA) is 86.7 Å². The molecule has 0 fully saturated rings. The van der Waals surface area contributed by atoms with Gasteiger partial charge >= 0.3 is 5.97 Å².